The molecule has 1 N–H and O–H groups in total. The van der Waals surface area contributed by atoms with Crippen molar-refractivity contribution in [2.75, 3.05) is 19.8 Å². The predicted molar refractivity (Wildman–Crippen MR) is 128 cm³/mol. The Morgan fingerprint density at radius 3 is 2.58 bits per heavy atom. The van der Waals surface area contributed by atoms with Gasteiger partial charge in [-0.25, -0.2) is 13.2 Å². The highest BCUT2D eigenvalue weighted by Crippen LogP contribution is 2.72. The summed E-state index contributed by atoms with van der Waals surface area (Å²) in [7, 11) is 0. The molecule has 200 valence electrons. The average molecular weight is 510 g/mol. The fraction of sp³-hybridized carbons (Fsp3) is 0.786. The van der Waals surface area contributed by atoms with Gasteiger partial charge in [0.1, 0.15) is 6.17 Å². The monoisotopic (exact) mass is 509 g/mol. The quantitative estimate of drug-likeness (QED) is 0.572. The minimum Gasteiger partial charge on any atom is -0.390 e. The first-order valence-electron chi connectivity index (χ1n) is 13.4. The largest absolute Gasteiger partial charge is 0.390 e. The van der Waals surface area contributed by atoms with Crippen molar-refractivity contribution in [3.05, 3.63) is 23.8 Å². The van der Waals surface area contributed by atoms with Crippen molar-refractivity contribution >= 4 is 11.6 Å². The van der Waals surface area contributed by atoms with Crippen LogP contribution in [0.1, 0.15) is 59.8 Å². The van der Waals surface area contributed by atoms with Crippen LogP contribution < -0.4 is 0 Å². The van der Waals surface area contributed by atoms with Gasteiger partial charge in [-0.05, 0) is 55.7 Å². The second kappa shape index (κ2) is 8.50. The van der Waals surface area contributed by atoms with Crippen molar-refractivity contribution in [1.82, 2.24) is 5.06 Å². The van der Waals surface area contributed by atoms with E-state index in [1.54, 1.807) is 18.9 Å². The number of alkyl halides is 3. The molecule has 0 radical (unpaired) electrons. The summed E-state index contributed by atoms with van der Waals surface area (Å²) in [5.74, 6) is -2.47. The summed E-state index contributed by atoms with van der Waals surface area (Å²) < 4.78 is 47.1. The third kappa shape index (κ3) is 3.07. The number of fused-ring (bicyclic) bond motifs is 7. The Balaban J connectivity index is 1.57. The molecule has 0 amide bonds. The summed E-state index contributed by atoms with van der Waals surface area (Å²) in [6.45, 7) is 7.37. The highest BCUT2D eigenvalue weighted by Gasteiger charge is 2.79. The Morgan fingerprint density at radius 1 is 1.25 bits per heavy atom. The fourth-order valence-electron chi connectivity index (χ4n) is 8.87. The molecule has 5 nitrogen and oxygen atoms in total. The molecule has 0 bridgehead atoms. The van der Waals surface area contributed by atoms with Crippen LogP contribution >= 0.6 is 0 Å². The number of halogens is 3. The Hall–Kier alpha value is -1.51. The van der Waals surface area contributed by atoms with Gasteiger partial charge in [0.05, 0.1) is 6.10 Å². The topological polar surface area (TPSA) is 66.8 Å². The Labute approximate surface area is 211 Å². The van der Waals surface area contributed by atoms with Crippen LogP contribution in [0, 0.1) is 34.5 Å². The number of aliphatic hydroxyl groups is 1. The molecular formula is C28H38F3NO4. The van der Waals surface area contributed by atoms with Gasteiger partial charge in [-0.15, -0.1) is 0 Å². The van der Waals surface area contributed by atoms with Crippen LogP contribution in [-0.2, 0) is 14.4 Å². The standard InChI is InChI=1S/C28H38F3NO4/c1-5-16(6-2)14-32-15-17-9-19-20-11-22(30)21-10-18(33)7-8-25(21,3)27(20,31)23(34)12-26(19,4)28(17,36-32)24(35)13-29/h7-8,10,16-17,19-20,22-23,34H,5-6,9,11-15H2,1-4H3/t17-,19-,20-,22-,23-,25-,26-,27-,28-/m0/s1. The second-order valence-electron chi connectivity index (χ2n) is 12.2. The number of ketones is 2. The maximum Gasteiger partial charge on any atom is 0.198 e. The van der Waals surface area contributed by atoms with E-state index in [0.29, 0.717) is 25.4 Å². The number of carbonyl (C=O) groups excluding carboxylic acids is 2. The molecule has 1 saturated heterocycles. The average Bonchev–Trinajstić information content (AvgIpc) is 3.32. The highest BCUT2D eigenvalue weighted by molar-refractivity contribution is 6.01. The summed E-state index contributed by atoms with van der Waals surface area (Å²) in [5, 5.41) is 13.3. The number of nitrogens with zero attached hydrogens (tertiary/aromatic N) is 1. The fourth-order valence-corrected chi connectivity index (χ4v) is 8.87. The molecule has 4 fully saturated rings. The van der Waals surface area contributed by atoms with Crippen molar-refractivity contribution in [3.63, 3.8) is 0 Å². The molecule has 0 aromatic heterocycles. The lowest BCUT2D eigenvalue weighted by Gasteiger charge is -2.63. The number of carbonyl (C=O) groups is 2. The van der Waals surface area contributed by atoms with Crippen LogP contribution in [-0.4, -0.2) is 65.0 Å². The zero-order valence-corrected chi connectivity index (χ0v) is 21.6. The molecular weight excluding hydrogens is 471 g/mol. The summed E-state index contributed by atoms with van der Waals surface area (Å²) in [4.78, 5) is 31.8. The number of hydrogen-bond acceptors (Lipinski definition) is 5. The molecule has 0 spiro atoms. The molecule has 1 heterocycles. The van der Waals surface area contributed by atoms with Crippen LogP contribution in [0.3, 0.4) is 0 Å². The minimum absolute atomic E-state index is 0.0664. The Kier molecular flexibility index (Phi) is 6.17. The van der Waals surface area contributed by atoms with Gasteiger partial charge < -0.3 is 5.11 Å². The molecule has 0 aromatic carbocycles. The summed E-state index contributed by atoms with van der Waals surface area (Å²) in [5.41, 5.74) is -6.22. The van der Waals surface area contributed by atoms with Gasteiger partial charge >= 0.3 is 0 Å². The van der Waals surface area contributed by atoms with Gasteiger partial charge in [0.25, 0.3) is 0 Å². The third-order valence-corrected chi connectivity index (χ3v) is 10.8. The van der Waals surface area contributed by atoms with Gasteiger partial charge in [-0.1, -0.05) is 39.7 Å². The molecule has 5 rings (SSSR count). The van der Waals surface area contributed by atoms with Gasteiger partial charge in [-0.2, -0.15) is 5.06 Å². The van der Waals surface area contributed by atoms with Crippen LogP contribution in [0.25, 0.3) is 0 Å². The van der Waals surface area contributed by atoms with Gasteiger partial charge in [-0.3, -0.25) is 14.4 Å². The van der Waals surface area contributed by atoms with E-state index in [1.165, 1.54) is 18.2 Å². The van der Waals surface area contributed by atoms with Crippen molar-refractivity contribution in [2.45, 2.75) is 83.3 Å². The van der Waals surface area contributed by atoms with E-state index in [0.717, 1.165) is 12.8 Å². The first-order valence-corrected chi connectivity index (χ1v) is 13.4. The Bertz CT molecular complexity index is 1010. The number of Topliss-reactive ketones (excluding diaryl/α,β-unsaturated/α-hetero) is 1. The molecule has 9 atom stereocenters. The molecule has 4 aliphatic carbocycles. The maximum atomic E-state index is 17.3. The normalized spacial score (nSPS) is 47.9. The molecule has 5 aliphatic rings. The van der Waals surface area contributed by atoms with E-state index in [4.69, 9.17) is 4.84 Å². The minimum atomic E-state index is -2.23. The van der Waals surface area contributed by atoms with Crippen LogP contribution in [0.2, 0.25) is 0 Å². The van der Waals surface area contributed by atoms with Gasteiger partial charge in [0, 0.05) is 35.8 Å². The second-order valence-corrected chi connectivity index (χ2v) is 12.2. The molecule has 1 aliphatic heterocycles. The third-order valence-electron chi connectivity index (χ3n) is 10.8. The summed E-state index contributed by atoms with van der Waals surface area (Å²) in [6, 6.07) is 0. The lowest BCUT2D eigenvalue weighted by molar-refractivity contribution is -0.268. The van der Waals surface area contributed by atoms with Crippen molar-refractivity contribution in [3.8, 4) is 0 Å². The predicted octanol–water partition coefficient (Wildman–Crippen LogP) is 4.49. The Morgan fingerprint density at radius 2 is 1.94 bits per heavy atom. The van der Waals surface area contributed by atoms with E-state index < -0.39 is 64.5 Å². The first-order chi connectivity index (χ1) is 16.9. The van der Waals surface area contributed by atoms with E-state index in [-0.39, 0.29) is 24.3 Å². The lowest BCUT2D eigenvalue weighted by atomic mass is 9.44. The van der Waals surface area contributed by atoms with Crippen molar-refractivity contribution < 1.29 is 32.7 Å². The van der Waals surface area contributed by atoms with Crippen molar-refractivity contribution in [1.29, 1.82) is 0 Å². The SMILES string of the molecule is CCC(CC)CN1C[C@@H]2C[C@H]3[C@@H]4C[C@H](F)C5=CC(=O)C=C[C@]5(C)[C@@]4(F)[C@@H](O)C[C@]3(C)[C@]2(C(=O)CF)O1. The maximum absolute atomic E-state index is 17.3. The highest BCUT2D eigenvalue weighted by atomic mass is 19.1. The number of aliphatic hydroxyl groups excluding tert-OH is 1. The first kappa shape index (κ1) is 26.1. The van der Waals surface area contributed by atoms with Gasteiger partial charge in [0.2, 0.25) is 0 Å². The number of rotatable bonds is 6. The van der Waals surface area contributed by atoms with Crippen LogP contribution in [0.5, 0.6) is 0 Å². The van der Waals surface area contributed by atoms with E-state index in [1.807, 2.05) is 0 Å². The van der Waals surface area contributed by atoms with E-state index in [9.17, 15) is 19.1 Å². The van der Waals surface area contributed by atoms with Crippen molar-refractivity contribution in [2.24, 2.45) is 34.5 Å². The molecule has 0 unspecified atom stereocenters. The molecule has 3 saturated carbocycles. The summed E-state index contributed by atoms with van der Waals surface area (Å²) in [6.07, 6.45) is 2.71. The molecule has 36 heavy (non-hydrogen) atoms. The van der Waals surface area contributed by atoms with Gasteiger partial charge in [0.15, 0.2) is 29.5 Å². The zero-order chi connectivity index (χ0) is 26.3. The smallest absolute Gasteiger partial charge is 0.198 e. The number of hydroxylamine groups is 2. The van der Waals surface area contributed by atoms with Crippen LogP contribution in [0.15, 0.2) is 23.8 Å². The van der Waals surface area contributed by atoms with E-state index in [2.05, 4.69) is 13.8 Å². The number of hydrogen-bond donors (Lipinski definition) is 1. The molecule has 0 aromatic rings. The number of allylic oxidation sites excluding steroid dienone is 4. The van der Waals surface area contributed by atoms with Crippen LogP contribution in [0.4, 0.5) is 13.2 Å². The zero-order valence-electron chi connectivity index (χ0n) is 21.6. The van der Waals surface area contributed by atoms with E-state index >= 15 is 8.78 Å². The lowest BCUT2D eigenvalue weighted by Crippen LogP contribution is -2.70. The molecule has 8 heteroatoms. The summed E-state index contributed by atoms with van der Waals surface area (Å²) >= 11 is 0.